The zero-order valence-corrected chi connectivity index (χ0v) is 7.39. The Morgan fingerprint density at radius 3 is 2.00 bits per heavy atom. The van der Waals surface area contributed by atoms with Crippen molar-refractivity contribution in [2.75, 3.05) is 14.2 Å². The lowest BCUT2D eigenvalue weighted by molar-refractivity contribution is -0.134. The van der Waals surface area contributed by atoms with Crippen LogP contribution >= 0.6 is 0 Å². The van der Waals surface area contributed by atoms with E-state index in [4.69, 9.17) is 9.47 Å². The topological polar surface area (TPSA) is 18.5 Å². The second-order valence-electron chi connectivity index (χ2n) is 2.61. The maximum atomic E-state index is 5.09. The predicted molar refractivity (Wildman–Crippen MR) is 41.9 cm³/mol. The first kappa shape index (κ1) is 9.92. The largest absolute Gasteiger partial charge is 0.356 e. The molecule has 0 aliphatic carbocycles. The van der Waals surface area contributed by atoms with Gasteiger partial charge in [0, 0.05) is 20.1 Å². The molecule has 0 heterocycles. The van der Waals surface area contributed by atoms with Crippen LogP contribution in [0.25, 0.3) is 0 Å². The summed E-state index contributed by atoms with van der Waals surface area (Å²) in [5.41, 5.74) is 0. The van der Waals surface area contributed by atoms with Crippen molar-refractivity contribution in [3.8, 4) is 0 Å². The number of methoxy groups -OCH3 is 2. The maximum Gasteiger partial charge on any atom is 0.159 e. The summed E-state index contributed by atoms with van der Waals surface area (Å²) >= 11 is 0. The second-order valence-corrected chi connectivity index (χ2v) is 2.61. The summed E-state index contributed by atoms with van der Waals surface area (Å²) in [6.07, 6.45) is 2.32. The molecule has 0 saturated carbocycles. The highest BCUT2D eigenvalue weighted by molar-refractivity contribution is 4.54. The highest BCUT2D eigenvalue weighted by Gasteiger charge is 2.13. The van der Waals surface area contributed by atoms with Gasteiger partial charge in [-0.25, -0.2) is 0 Å². The van der Waals surface area contributed by atoms with Crippen LogP contribution in [0.4, 0.5) is 0 Å². The average molecular weight is 146 g/mol. The summed E-state index contributed by atoms with van der Waals surface area (Å²) < 4.78 is 10.2. The Morgan fingerprint density at radius 1 is 1.20 bits per heavy atom. The van der Waals surface area contributed by atoms with Gasteiger partial charge in [-0.2, -0.15) is 0 Å². The van der Waals surface area contributed by atoms with Crippen molar-refractivity contribution < 1.29 is 9.47 Å². The van der Waals surface area contributed by atoms with E-state index in [1.807, 2.05) is 0 Å². The first-order chi connectivity index (χ1) is 4.76. The molecule has 0 bridgehead atoms. The molecule has 2 heteroatoms. The third-order valence-corrected chi connectivity index (χ3v) is 1.67. The fourth-order valence-electron chi connectivity index (χ4n) is 1.15. The van der Waals surface area contributed by atoms with E-state index < -0.39 is 0 Å². The molecule has 0 rings (SSSR count). The van der Waals surface area contributed by atoms with Crippen molar-refractivity contribution in [2.45, 2.75) is 33.0 Å². The number of ether oxygens (including phenoxy) is 2. The molecule has 0 fully saturated rings. The summed E-state index contributed by atoms with van der Waals surface area (Å²) in [4.78, 5) is 0. The molecule has 0 aliphatic heterocycles. The Bertz CT molecular complexity index is 69.7. The lowest BCUT2D eigenvalue weighted by Crippen LogP contribution is -2.22. The molecular formula is C8H18O2. The highest BCUT2D eigenvalue weighted by Crippen LogP contribution is 2.12. The van der Waals surface area contributed by atoms with Crippen LogP contribution in [-0.2, 0) is 9.47 Å². The van der Waals surface area contributed by atoms with Crippen LogP contribution in [0.5, 0.6) is 0 Å². The maximum absolute atomic E-state index is 5.09. The standard InChI is InChI=1S/C8H18O2/c1-5-6-7(2)8(9-3)10-4/h7-8H,5-6H2,1-4H3. The third-order valence-electron chi connectivity index (χ3n) is 1.67. The van der Waals surface area contributed by atoms with Gasteiger partial charge < -0.3 is 9.47 Å². The quantitative estimate of drug-likeness (QED) is 0.552. The summed E-state index contributed by atoms with van der Waals surface area (Å²) in [6, 6.07) is 0. The minimum atomic E-state index is -0.0278. The molecule has 1 unspecified atom stereocenters. The molecule has 0 aliphatic rings. The smallest absolute Gasteiger partial charge is 0.159 e. The van der Waals surface area contributed by atoms with Crippen LogP contribution < -0.4 is 0 Å². The number of rotatable bonds is 5. The molecule has 0 aromatic rings. The zero-order valence-electron chi connectivity index (χ0n) is 7.39. The Morgan fingerprint density at radius 2 is 1.70 bits per heavy atom. The van der Waals surface area contributed by atoms with Gasteiger partial charge in [-0.05, 0) is 6.42 Å². The Balaban J connectivity index is 3.53. The normalized spacial score (nSPS) is 14.1. The summed E-state index contributed by atoms with van der Waals surface area (Å²) in [5.74, 6) is 0.500. The SMILES string of the molecule is CCCC(C)C(OC)OC. The van der Waals surface area contributed by atoms with Gasteiger partial charge in [0.1, 0.15) is 0 Å². The first-order valence-electron chi connectivity index (χ1n) is 3.81. The highest BCUT2D eigenvalue weighted by atomic mass is 16.7. The first-order valence-corrected chi connectivity index (χ1v) is 3.81. The Labute approximate surface area is 63.5 Å². The van der Waals surface area contributed by atoms with Crippen molar-refractivity contribution in [2.24, 2.45) is 5.92 Å². The molecule has 0 radical (unpaired) electrons. The molecule has 0 saturated heterocycles. The molecule has 10 heavy (non-hydrogen) atoms. The number of hydrogen-bond acceptors (Lipinski definition) is 2. The zero-order chi connectivity index (χ0) is 7.98. The molecule has 0 aromatic carbocycles. The molecular weight excluding hydrogens is 128 g/mol. The Kier molecular flexibility index (Phi) is 5.64. The summed E-state index contributed by atoms with van der Waals surface area (Å²) in [5, 5.41) is 0. The van der Waals surface area contributed by atoms with E-state index in [0.717, 1.165) is 6.42 Å². The lowest BCUT2D eigenvalue weighted by Gasteiger charge is -2.19. The van der Waals surface area contributed by atoms with E-state index in [0.29, 0.717) is 5.92 Å². The van der Waals surface area contributed by atoms with E-state index in [2.05, 4.69) is 13.8 Å². The monoisotopic (exact) mass is 146 g/mol. The van der Waals surface area contributed by atoms with Gasteiger partial charge in [0.05, 0.1) is 0 Å². The average Bonchev–Trinajstić information content (AvgIpc) is 1.91. The minimum Gasteiger partial charge on any atom is -0.356 e. The van der Waals surface area contributed by atoms with Gasteiger partial charge in [-0.1, -0.05) is 20.3 Å². The van der Waals surface area contributed by atoms with Crippen molar-refractivity contribution in [3.63, 3.8) is 0 Å². The Hall–Kier alpha value is -0.0800. The lowest BCUT2D eigenvalue weighted by atomic mass is 10.1. The summed E-state index contributed by atoms with van der Waals surface area (Å²) in [7, 11) is 3.36. The van der Waals surface area contributed by atoms with Gasteiger partial charge in [0.25, 0.3) is 0 Å². The number of hydrogen-bond donors (Lipinski definition) is 0. The van der Waals surface area contributed by atoms with E-state index in [1.54, 1.807) is 14.2 Å². The van der Waals surface area contributed by atoms with Crippen LogP contribution in [0.1, 0.15) is 26.7 Å². The molecule has 62 valence electrons. The van der Waals surface area contributed by atoms with Crippen molar-refractivity contribution in [1.29, 1.82) is 0 Å². The van der Waals surface area contributed by atoms with Gasteiger partial charge in [-0.3, -0.25) is 0 Å². The van der Waals surface area contributed by atoms with Crippen LogP contribution in [-0.4, -0.2) is 20.5 Å². The molecule has 0 amide bonds. The van der Waals surface area contributed by atoms with Gasteiger partial charge in [0.15, 0.2) is 6.29 Å². The van der Waals surface area contributed by atoms with Crippen LogP contribution in [0.2, 0.25) is 0 Å². The molecule has 1 atom stereocenters. The van der Waals surface area contributed by atoms with Crippen LogP contribution in [0, 0.1) is 5.92 Å². The fraction of sp³-hybridized carbons (Fsp3) is 1.00. The minimum absolute atomic E-state index is 0.0278. The molecule has 0 aromatic heterocycles. The van der Waals surface area contributed by atoms with Crippen molar-refractivity contribution in [1.82, 2.24) is 0 Å². The van der Waals surface area contributed by atoms with Gasteiger partial charge in [0.2, 0.25) is 0 Å². The molecule has 0 N–H and O–H groups in total. The van der Waals surface area contributed by atoms with E-state index in [-0.39, 0.29) is 6.29 Å². The van der Waals surface area contributed by atoms with Crippen molar-refractivity contribution in [3.05, 3.63) is 0 Å². The van der Waals surface area contributed by atoms with Gasteiger partial charge in [-0.15, -0.1) is 0 Å². The third kappa shape index (κ3) is 3.18. The predicted octanol–water partition coefficient (Wildman–Crippen LogP) is 2.04. The molecule has 0 spiro atoms. The second kappa shape index (κ2) is 5.69. The van der Waals surface area contributed by atoms with E-state index >= 15 is 0 Å². The van der Waals surface area contributed by atoms with Crippen LogP contribution in [0.15, 0.2) is 0 Å². The summed E-state index contributed by atoms with van der Waals surface area (Å²) in [6.45, 7) is 4.31. The fourth-order valence-corrected chi connectivity index (χ4v) is 1.15. The van der Waals surface area contributed by atoms with E-state index in [9.17, 15) is 0 Å². The van der Waals surface area contributed by atoms with Gasteiger partial charge >= 0.3 is 0 Å². The van der Waals surface area contributed by atoms with E-state index in [1.165, 1.54) is 6.42 Å². The molecule has 2 nitrogen and oxygen atoms in total. The van der Waals surface area contributed by atoms with Crippen molar-refractivity contribution >= 4 is 0 Å². The van der Waals surface area contributed by atoms with Crippen LogP contribution in [0.3, 0.4) is 0 Å².